The number of ether oxygens (including phenoxy) is 1. The average Bonchev–Trinajstić information content (AvgIpc) is 3.35. The Kier molecular flexibility index (Phi) is 7.19. The smallest absolute Gasteiger partial charge is 0.313 e. The fourth-order valence-electron chi connectivity index (χ4n) is 3.93. The molecule has 0 aliphatic carbocycles. The fraction of sp³-hybridized carbons (Fsp3) is 0.280. The van der Waals surface area contributed by atoms with Gasteiger partial charge in [0.15, 0.2) is 0 Å². The van der Waals surface area contributed by atoms with Gasteiger partial charge in [-0.1, -0.05) is 30.3 Å². The van der Waals surface area contributed by atoms with E-state index < -0.39 is 11.8 Å². The van der Waals surface area contributed by atoms with Gasteiger partial charge in [-0.25, -0.2) is 0 Å². The van der Waals surface area contributed by atoms with Crippen LogP contribution in [0.2, 0.25) is 0 Å². The van der Waals surface area contributed by atoms with Gasteiger partial charge in [0.1, 0.15) is 5.75 Å². The summed E-state index contributed by atoms with van der Waals surface area (Å²) in [5, 5.41) is 7.52. The van der Waals surface area contributed by atoms with Crippen molar-refractivity contribution in [3.8, 4) is 5.75 Å². The minimum Gasteiger partial charge on any atom is -0.494 e. The molecule has 2 amide bonds. The van der Waals surface area contributed by atoms with E-state index >= 15 is 0 Å². The maximum atomic E-state index is 12.5. The quantitative estimate of drug-likeness (QED) is 0.535. The summed E-state index contributed by atoms with van der Waals surface area (Å²) < 4.78 is 5.40. The second-order valence-electron chi connectivity index (χ2n) is 7.64. The Bertz CT molecular complexity index is 1050. The first kappa shape index (κ1) is 22.0. The summed E-state index contributed by atoms with van der Waals surface area (Å²) in [5.74, 6) is -0.599. The molecule has 4 rings (SSSR count). The van der Waals surface area contributed by atoms with Crippen molar-refractivity contribution in [2.45, 2.75) is 25.9 Å². The van der Waals surface area contributed by atoms with Crippen LogP contribution in [0.3, 0.4) is 0 Å². The van der Waals surface area contributed by atoms with Crippen LogP contribution in [0.15, 0.2) is 66.0 Å². The van der Waals surface area contributed by atoms with Crippen LogP contribution in [0.1, 0.15) is 29.0 Å². The number of benzene rings is 2. The van der Waals surface area contributed by atoms with Gasteiger partial charge in [-0.3, -0.25) is 14.5 Å². The van der Waals surface area contributed by atoms with Crippen molar-refractivity contribution >= 4 is 28.8 Å². The lowest BCUT2D eigenvalue weighted by molar-refractivity contribution is -0.136. The largest absolute Gasteiger partial charge is 0.494 e. The molecule has 0 saturated carbocycles. The van der Waals surface area contributed by atoms with Crippen molar-refractivity contribution in [2.75, 3.05) is 25.0 Å². The van der Waals surface area contributed by atoms with E-state index in [-0.39, 0.29) is 6.04 Å². The molecule has 0 radical (unpaired) electrons. The van der Waals surface area contributed by atoms with E-state index in [1.165, 1.54) is 16.0 Å². The van der Waals surface area contributed by atoms with Gasteiger partial charge in [0, 0.05) is 30.2 Å². The van der Waals surface area contributed by atoms with E-state index in [1.54, 1.807) is 35.6 Å². The maximum absolute atomic E-state index is 12.5. The van der Waals surface area contributed by atoms with Crippen LogP contribution < -0.4 is 15.4 Å². The number of anilines is 1. The van der Waals surface area contributed by atoms with Crippen LogP contribution in [0, 0.1) is 0 Å². The number of fused-ring (bicyclic) bond motifs is 1. The summed E-state index contributed by atoms with van der Waals surface area (Å²) in [4.78, 5) is 28.5. The lowest BCUT2D eigenvalue weighted by Crippen LogP contribution is -2.43. The van der Waals surface area contributed by atoms with E-state index in [4.69, 9.17) is 4.74 Å². The van der Waals surface area contributed by atoms with Crippen molar-refractivity contribution in [1.82, 2.24) is 10.2 Å². The number of hydrogen-bond donors (Lipinski definition) is 2. The third kappa shape index (κ3) is 5.36. The molecule has 1 aliphatic heterocycles. The zero-order valence-electron chi connectivity index (χ0n) is 18.0. The molecule has 32 heavy (non-hydrogen) atoms. The van der Waals surface area contributed by atoms with Crippen molar-refractivity contribution in [3.63, 3.8) is 0 Å². The molecule has 0 bridgehead atoms. The Hall–Kier alpha value is -3.16. The van der Waals surface area contributed by atoms with Crippen molar-refractivity contribution in [1.29, 1.82) is 0 Å². The highest BCUT2D eigenvalue weighted by atomic mass is 32.1. The number of nitrogens with zero attached hydrogens (tertiary/aromatic N) is 1. The molecular formula is C25H27N3O3S. The Morgan fingerprint density at radius 1 is 1.03 bits per heavy atom. The number of rotatable bonds is 7. The van der Waals surface area contributed by atoms with E-state index in [2.05, 4.69) is 45.9 Å². The zero-order chi connectivity index (χ0) is 22.3. The number of nitrogens with one attached hydrogen (secondary N) is 2. The van der Waals surface area contributed by atoms with Crippen molar-refractivity contribution in [2.24, 2.45) is 0 Å². The first-order valence-electron chi connectivity index (χ1n) is 10.8. The highest BCUT2D eigenvalue weighted by Crippen LogP contribution is 2.30. The van der Waals surface area contributed by atoms with E-state index in [9.17, 15) is 9.59 Å². The topological polar surface area (TPSA) is 70.7 Å². The highest BCUT2D eigenvalue weighted by molar-refractivity contribution is 7.10. The van der Waals surface area contributed by atoms with Crippen LogP contribution >= 0.6 is 11.3 Å². The van der Waals surface area contributed by atoms with Gasteiger partial charge in [-0.2, -0.15) is 0 Å². The Labute approximate surface area is 192 Å². The number of thiophene rings is 1. The van der Waals surface area contributed by atoms with Crippen LogP contribution in [-0.4, -0.2) is 36.4 Å². The minimum atomic E-state index is -0.678. The first-order chi connectivity index (χ1) is 15.6. The average molecular weight is 450 g/mol. The summed E-state index contributed by atoms with van der Waals surface area (Å²) in [7, 11) is 0. The third-order valence-electron chi connectivity index (χ3n) is 5.56. The van der Waals surface area contributed by atoms with Gasteiger partial charge >= 0.3 is 11.8 Å². The normalized spacial score (nSPS) is 14.3. The molecule has 2 N–H and O–H groups in total. The highest BCUT2D eigenvalue weighted by Gasteiger charge is 2.26. The number of carbonyl (C=O) groups is 2. The minimum absolute atomic E-state index is 0.0191. The van der Waals surface area contributed by atoms with E-state index in [1.807, 2.05) is 18.4 Å². The summed E-state index contributed by atoms with van der Waals surface area (Å²) >= 11 is 1.67. The lowest BCUT2D eigenvalue weighted by Gasteiger charge is -2.35. The predicted octanol–water partition coefficient (Wildman–Crippen LogP) is 4.00. The van der Waals surface area contributed by atoms with Crippen LogP contribution in [0.4, 0.5) is 5.69 Å². The predicted molar refractivity (Wildman–Crippen MR) is 127 cm³/mol. The summed E-state index contributed by atoms with van der Waals surface area (Å²) in [6, 6.07) is 19.6. The van der Waals surface area contributed by atoms with Crippen molar-refractivity contribution in [3.05, 3.63) is 82.0 Å². The second kappa shape index (κ2) is 10.4. The third-order valence-corrected chi connectivity index (χ3v) is 6.53. The maximum Gasteiger partial charge on any atom is 0.313 e. The summed E-state index contributed by atoms with van der Waals surface area (Å²) in [6.07, 6.45) is 0.976. The second-order valence-corrected chi connectivity index (χ2v) is 8.62. The Morgan fingerprint density at radius 2 is 1.81 bits per heavy atom. The van der Waals surface area contributed by atoms with E-state index in [0.29, 0.717) is 18.8 Å². The molecule has 1 aromatic heterocycles. The van der Waals surface area contributed by atoms with Gasteiger partial charge in [0.25, 0.3) is 0 Å². The summed E-state index contributed by atoms with van der Waals surface area (Å²) in [6.45, 7) is 4.59. The van der Waals surface area contributed by atoms with Crippen molar-refractivity contribution < 1.29 is 14.3 Å². The van der Waals surface area contributed by atoms with Gasteiger partial charge < -0.3 is 15.4 Å². The summed E-state index contributed by atoms with van der Waals surface area (Å²) in [5.41, 5.74) is 3.25. The molecule has 0 spiro atoms. The van der Waals surface area contributed by atoms with Crippen LogP contribution in [0.5, 0.6) is 5.75 Å². The molecule has 1 atom stereocenters. The molecule has 2 aromatic carbocycles. The number of hydrogen-bond acceptors (Lipinski definition) is 5. The van der Waals surface area contributed by atoms with Gasteiger partial charge in [-0.15, -0.1) is 11.3 Å². The SMILES string of the molecule is CCOc1ccc(NC(=O)C(=O)NC[C@@H](c2cccs2)N2CCc3ccccc3C2)cc1. The number of amides is 2. The monoisotopic (exact) mass is 449 g/mol. The van der Waals surface area contributed by atoms with Crippen LogP contribution in [0.25, 0.3) is 0 Å². The standard InChI is InChI=1S/C25H27N3O3S/c1-2-31-21-11-9-20(10-12-21)27-25(30)24(29)26-16-22(23-8-5-15-32-23)28-14-13-18-6-3-4-7-19(18)17-28/h3-12,15,22H,2,13-14,16-17H2,1H3,(H,26,29)(H,27,30)/t22-/m0/s1. The zero-order valence-corrected chi connectivity index (χ0v) is 18.9. The molecule has 0 fully saturated rings. The van der Waals surface area contributed by atoms with Gasteiger partial charge in [-0.05, 0) is 60.2 Å². The molecule has 0 unspecified atom stereocenters. The van der Waals surface area contributed by atoms with Gasteiger partial charge in [0.2, 0.25) is 0 Å². The molecular weight excluding hydrogens is 422 g/mol. The fourth-order valence-corrected chi connectivity index (χ4v) is 4.79. The Balaban J connectivity index is 1.38. The molecule has 7 heteroatoms. The van der Waals surface area contributed by atoms with Crippen LogP contribution in [-0.2, 0) is 22.6 Å². The molecule has 2 heterocycles. The van der Waals surface area contributed by atoms with E-state index in [0.717, 1.165) is 25.3 Å². The molecule has 6 nitrogen and oxygen atoms in total. The molecule has 166 valence electrons. The van der Waals surface area contributed by atoms with Gasteiger partial charge in [0.05, 0.1) is 12.6 Å². The molecule has 0 saturated heterocycles. The Morgan fingerprint density at radius 3 is 2.53 bits per heavy atom. The number of carbonyl (C=O) groups excluding carboxylic acids is 2. The molecule has 3 aromatic rings. The molecule has 1 aliphatic rings. The first-order valence-corrected chi connectivity index (χ1v) is 11.7. The lowest BCUT2D eigenvalue weighted by atomic mass is 9.98.